The Hall–Kier alpha value is -2.34. The maximum Gasteiger partial charge on any atom is 0.339 e. The lowest BCUT2D eigenvalue weighted by Crippen LogP contribution is -2.03. The van der Waals surface area contributed by atoms with Gasteiger partial charge in [-0.15, -0.1) is 0 Å². The molecule has 0 saturated carbocycles. The van der Waals surface area contributed by atoms with Crippen molar-refractivity contribution >= 4 is 23.4 Å². The minimum atomic E-state index is -1.16. The number of hydrogen-bond donors (Lipinski definition) is 2. The van der Waals surface area contributed by atoms with Gasteiger partial charge in [0.2, 0.25) is 0 Å². The molecule has 0 unspecified atom stereocenters. The number of nitrogens with zero attached hydrogens (tertiary/aromatic N) is 2. The lowest BCUT2D eigenvalue weighted by molar-refractivity contribution is 0.0694. The second-order valence-electron chi connectivity index (χ2n) is 3.35. The summed E-state index contributed by atoms with van der Waals surface area (Å²) in [5.74, 6) is -0.671. The van der Waals surface area contributed by atoms with Gasteiger partial charge in [0, 0.05) is 12.3 Å². The number of anilines is 1. The first-order chi connectivity index (χ1) is 8.56. The van der Waals surface area contributed by atoms with Crippen LogP contribution < -0.4 is 10.5 Å². The van der Waals surface area contributed by atoms with Crippen molar-refractivity contribution in [2.75, 3.05) is 5.73 Å². The molecule has 0 amide bonds. The normalized spacial score (nSPS) is 10.1. The first-order valence-corrected chi connectivity index (χ1v) is 5.21. The van der Waals surface area contributed by atoms with Crippen LogP contribution in [0.15, 0.2) is 30.7 Å². The van der Waals surface area contributed by atoms with Crippen LogP contribution in [-0.2, 0) is 0 Å². The van der Waals surface area contributed by atoms with Crippen LogP contribution in [-0.4, -0.2) is 21.0 Å². The Morgan fingerprint density at radius 2 is 2.11 bits per heavy atom. The zero-order valence-electron chi connectivity index (χ0n) is 9.00. The average Bonchev–Trinajstić information content (AvgIpc) is 2.31. The Morgan fingerprint density at radius 1 is 1.33 bits per heavy atom. The molecule has 0 aromatic carbocycles. The molecule has 0 fully saturated rings. The fourth-order valence-electron chi connectivity index (χ4n) is 1.28. The highest BCUT2D eigenvalue weighted by atomic mass is 35.5. The maximum atomic E-state index is 11.0. The van der Waals surface area contributed by atoms with E-state index in [1.54, 1.807) is 0 Å². The van der Waals surface area contributed by atoms with Gasteiger partial charge in [0.15, 0.2) is 5.75 Å². The molecule has 0 atom stereocenters. The zero-order valence-corrected chi connectivity index (χ0v) is 9.76. The molecule has 3 N–H and O–H groups in total. The highest BCUT2D eigenvalue weighted by molar-refractivity contribution is 6.30. The quantitative estimate of drug-likeness (QED) is 0.883. The third kappa shape index (κ3) is 2.67. The summed E-state index contributed by atoms with van der Waals surface area (Å²) >= 11 is 5.74. The van der Waals surface area contributed by atoms with E-state index in [4.69, 9.17) is 27.2 Å². The van der Waals surface area contributed by atoms with E-state index in [2.05, 4.69) is 9.97 Å². The summed E-state index contributed by atoms with van der Waals surface area (Å²) in [6.07, 6.45) is 4.08. The number of aromatic nitrogens is 2. The summed E-state index contributed by atoms with van der Waals surface area (Å²) in [6.45, 7) is 0. The predicted octanol–water partition coefficient (Wildman–Crippen LogP) is 2.20. The van der Waals surface area contributed by atoms with Gasteiger partial charge in [-0.05, 0) is 6.07 Å². The first kappa shape index (κ1) is 12.1. The van der Waals surface area contributed by atoms with Crippen LogP contribution >= 0.6 is 11.6 Å². The number of nitrogens with two attached hydrogens (primary N) is 1. The van der Waals surface area contributed by atoms with Crippen LogP contribution in [0.4, 0.5) is 5.82 Å². The molecule has 0 aliphatic heterocycles. The van der Waals surface area contributed by atoms with E-state index in [0.717, 1.165) is 0 Å². The van der Waals surface area contributed by atoms with E-state index in [0.29, 0.717) is 10.8 Å². The fraction of sp³-hybridized carbons (Fsp3) is 0. The van der Waals surface area contributed by atoms with E-state index >= 15 is 0 Å². The van der Waals surface area contributed by atoms with Crippen LogP contribution in [0.5, 0.6) is 11.5 Å². The third-order valence-corrected chi connectivity index (χ3v) is 2.23. The van der Waals surface area contributed by atoms with Crippen molar-refractivity contribution in [2.24, 2.45) is 0 Å². The van der Waals surface area contributed by atoms with Crippen molar-refractivity contribution < 1.29 is 14.6 Å². The molecule has 6 nitrogen and oxygen atoms in total. The largest absolute Gasteiger partial charge is 0.478 e. The van der Waals surface area contributed by atoms with E-state index < -0.39 is 5.97 Å². The number of rotatable bonds is 3. The summed E-state index contributed by atoms with van der Waals surface area (Å²) in [7, 11) is 0. The van der Waals surface area contributed by atoms with Crippen LogP contribution in [0.25, 0.3) is 0 Å². The minimum absolute atomic E-state index is 0.0702. The summed E-state index contributed by atoms with van der Waals surface area (Å²) in [5, 5.41) is 9.40. The fourth-order valence-corrected chi connectivity index (χ4v) is 1.45. The number of nitrogen functional groups attached to an aromatic ring is 1. The smallest absolute Gasteiger partial charge is 0.339 e. The molecule has 92 valence electrons. The van der Waals surface area contributed by atoms with Crippen molar-refractivity contribution in [3.8, 4) is 11.5 Å². The van der Waals surface area contributed by atoms with Crippen molar-refractivity contribution in [1.82, 2.24) is 9.97 Å². The highest BCUT2D eigenvalue weighted by Crippen LogP contribution is 2.26. The molecule has 2 rings (SSSR count). The van der Waals surface area contributed by atoms with E-state index in [-0.39, 0.29) is 17.1 Å². The zero-order chi connectivity index (χ0) is 13.1. The molecule has 0 radical (unpaired) electrons. The molecule has 0 bridgehead atoms. The van der Waals surface area contributed by atoms with Gasteiger partial charge in [-0.25, -0.2) is 9.78 Å². The van der Waals surface area contributed by atoms with Gasteiger partial charge >= 0.3 is 5.97 Å². The lowest BCUT2D eigenvalue weighted by Gasteiger charge is -2.08. The Balaban J connectivity index is 2.37. The molecule has 2 aromatic heterocycles. The average molecular weight is 266 g/mol. The second kappa shape index (κ2) is 4.89. The third-order valence-electron chi connectivity index (χ3n) is 2.03. The number of carbonyl (C=O) groups is 1. The number of halogens is 1. The predicted molar refractivity (Wildman–Crippen MR) is 64.9 cm³/mol. The molecule has 2 aromatic rings. The highest BCUT2D eigenvalue weighted by Gasteiger charge is 2.13. The van der Waals surface area contributed by atoms with Gasteiger partial charge in [0.1, 0.15) is 17.1 Å². The Bertz CT molecular complexity index is 604. The van der Waals surface area contributed by atoms with Crippen LogP contribution in [0.2, 0.25) is 5.02 Å². The van der Waals surface area contributed by atoms with Gasteiger partial charge in [0.25, 0.3) is 0 Å². The van der Waals surface area contributed by atoms with Crippen molar-refractivity contribution in [3.63, 3.8) is 0 Å². The monoisotopic (exact) mass is 265 g/mol. The number of carboxylic acid groups (broad SMARTS) is 1. The molecule has 7 heteroatoms. The minimum Gasteiger partial charge on any atom is -0.478 e. The number of pyridine rings is 2. The number of aromatic carboxylic acids is 1. The van der Waals surface area contributed by atoms with Crippen LogP contribution in [0.1, 0.15) is 10.4 Å². The molecule has 2 heterocycles. The molecule has 0 saturated heterocycles. The number of ether oxygens (including phenoxy) is 1. The topological polar surface area (TPSA) is 98.3 Å². The molecular weight excluding hydrogens is 258 g/mol. The molecule has 0 aliphatic rings. The summed E-state index contributed by atoms with van der Waals surface area (Å²) in [6, 6.07) is 2.73. The Morgan fingerprint density at radius 3 is 2.78 bits per heavy atom. The SMILES string of the molecule is Nc1cc(C(=O)O)c(Oc2cncc(Cl)c2)cn1. The summed E-state index contributed by atoms with van der Waals surface area (Å²) in [5.41, 5.74) is 5.34. The van der Waals surface area contributed by atoms with Gasteiger partial charge in [-0.2, -0.15) is 0 Å². The van der Waals surface area contributed by atoms with Crippen molar-refractivity contribution in [2.45, 2.75) is 0 Å². The van der Waals surface area contributed by atoms with Crippen molar-refractivity contribution in [3.05, 3.63) is 41.3 Å². The van der Waals surface area contributed by atoms with E-state index in [1.165, 1.54) is 30.7 Å². The van der Waals surface area contributed by atoms with Gasteiger partial charge in [0.05, 0.1) is 17.4 Å². The van der Waals surface area contributed by atoms with Gasteiger partial charge in [-0.1, -0.05) is 11.6 Å². The van der Waals surface area contributed by atoms with E-state index in [1.807, 2.05) is 0 Å². The molecule has 0 spiro atoms. The summed E-state index contributed by atoms with van der Waals surface area (Å²) < 4.78 is 5.36. The standard InChI is InChI=1S/C11H8ClN3O3/c12-6-1-7(4-14-3-6)18-9-5-15-10(13)2-8(9)11(16)17/h1-5H,(H2,13,15)(H,16,17). The van der Waals surface area contributed by atoms with Crippen LogP contribution in [0, 0.1) is 0 Å². The van der Waals surface area contributed by atoms with Gasteiger partial charge < -0.3 is 15.6 Å². The molecular formula is C11H8ClN3O3. The van der Waals surface area contributed by atoms with Crippen LogP contribution in [0.3, 0.4) is 0 Å². The summed E-state index contributed by atoms with van der Waals surface area (Å²) in [4.78, 5) is 18.6. The van der Waals surface area contributed by atoms with Crippen molar-refractivity contribution in [1.29, 1.82) is 0 Å². The Labute approximate surface area is 107 Å². The first-order valence-electron chi connectivity index (χ1n) is 4.83. The Kier molecular flexibility index (Phi) is 3.29. The van der Waals surface area contributed by atoms with Gasteiger partial charge in [-0.3, -0.25) is 4.98 Å². The number of hydrogen-bond acceptors (Lipinski definition) is 5. The second-order valence-corrected chi connectivity index (χ2v) is 3.79. The lowest BCUT2D eigenvalue weighted by atomic mass is 10.2. The molecule has 18 heavy (non-hydrogen) atoms. The molecule has 0 aliphatic carbocycles. The van der Waals surface area contributed by atoms with E-state index in [9.17, 15) is 4.79 Å². The number of carboxylic acids is 1. The maximum absolute atomic E-state index is 11.0.